The van der Waals surface area contributed by atoms with E-state index in [1.54, 1.807) is 25.1 Å². The van der Waals surface area contributed by atoms with Crippen LogP contribution in [-0.4, -0.2) is 61.2 Å². The van der Waals surface area contributed by atoms with E-state index in [2.05, 4.69) is 15.1 Å². The Morgan fingerprint density at radius 2 is 1.86 bits per heavy atom. The van der Waals surface area contributed by atoms with Crippen LogP contribution in [0, 0.1) is 6.92 Å². The summed E-state index contributed by atoms with van der Waals surface area (Å²) in [6.07, 6.45) is 0. The van der Waals surface area contributed by atoms with E-state index in [1.165, 1.54) is 11.3 Å². The van der Waals surface area contributed by atoms with E-state index in [9.17, 15) is 14.7 Å². The minimum absolute atomic E-state index is 0.0882. The van der Waals surface area contributed by atoms with Gasteiger partial charge in [0.1, 0.15) is 10.6 Å². The molecule has 1 fully saturated rings. The molecule has 1 aromatic carbocycles. The van der Waals surface area contributed by atoms with Gasteiger partial charge in [-0.15, -0.1) is 11.3 Å². The number of aryl methyl sites for hydroxylation is 1. The molecule has 150 valence electrons. The maximum atomic E-state index is 12.4. The number of benzene rings is 1. The van der Waals surface area contributed by atoms with Crippen LogP contribution in [-0.2, 0) is 9.53 Å². The summed E-state index contributed by atoms with van der Waals surface area (Å²) in [4.78, 5) is 29.2. The zero-order valence-electron chi connectivity index (χ0n) is 16.1. The van der Waals surface area contributed by atoms with Gasteiger partial charge in [0, 0.05) is 31.9 Å². The summed E-state index contributed by atoms with van der Waals surface area (Å²) in [7, 11) is 0. The van der Waals surface area contributed by atoms with Crippen molar-refractivity contribution in [1.82, 2.24) is 4.90 Å². The molecular weight excluding hydrogens is 378 g/mol. The number of nitrogens with zero attached hydrogens (tertiary/aromatic N) is 2. The number of rotatable bonds is 6. The molecule has 1 saturated heterocycles. The van der Waals surface area contributed by atoms with E-state index in [1.807, 2.05) is 19.1 Å². The number of nitrogens with one attached hydrogen (secondary N) is 1. The molecule has 0 spiro atoms. The van der Waals surface area contributed by atoms with Crippen LogP contribution in [0.2, 0.25) is 0 Å². The fourth-order valence-corrected chi connectivity index (χ4v) is 4.13. The molecule has 8 heteroatoms. The van der Waals surface area contributed by atoms with E-state index >= 15 is 0 Å². The number of phenolic OH excluding ortho intramolecular Hbond substituents is 1. The third-order valence-corrected chi connectivity index (χ3v) is 5.73. The molecule has 0 aliphatic carbocycles. The Morgan fingerprint density at radius 3 is 2.50 bits per heavy atom. The number of amides is 1. The Labute approximate surface area is 168 Å². The van der Waals surface area contributed by atoms with Gasteiger partial charge in [-0.2, -0.15) is 0 Å². The molecule has 0 atom stereocenters. The fraction of sp³-hybridized carbons (Fsp3) is 0.400. The maximum absolute atomic E-state index is 12.4. The lowest BCUT2D eigenvalue weighted by molar-refractivity contribution is -0.117. The largest absolute Gasteiger partial charge is 0.508 e. The van der Waals surface area contributed by atoms with E-state index in [0.717, 1.165) is 37.4 Å². The summed E-state index contributed by atoms with van der Waals surface area (Å²) in [6.45, 7) is 7.46. The van der Waals surface area contributed by atoms with E-state index < -0.39 is 0 Å². The van der Waals surface area contributed by atoms with Crippen molar-refractivity contribution in [1.29, 1.82) is 0 Å². The van der Waals surface area contributed by atoms with Crippen LogP contribution in [0.25, 0.3) is 0 Å². The quantitative estimate of drug-likeness (QED) is 0.722. The predicted octanol–water partition coefficient (Wildman–Crippen LogP) is 2.70. The van der Waals surface area contributed by atoms with Crippen LogP contribution < -0.4 is 10.2 Å². The minimum Gasteiger partial charge on any atom is -0.508 e. The van der Waals surface area contributed by atoms with Crippen molar-refractivity contribution in [2.75, 3.05) is 49.5 Å². The van der Waals surface area contributed by atoms with Crippen molar-refractivity contribution in [3.63, 3.8) is 0 Å². The Hall–Kier alpha value is -2.58. The first-order chi connectivity index (χ1) is 13.5. The van der Waals surface area contributed by atoms with E-state index in [-0.39, 0.29) is 17.6 Å². The number of esters is 1. The smallest absolute Gasteiger partial charge is 0.348 e. The number of anilines is 2. The summed E-state index contributed by atoms with van der Waals surface area (Å²) in [5.41, 5.74) is 1.88. The van der Waals surface area contributed by atoms with Gasteiger partial charge in [-0.3, -0.25) is 9.69 Å². The number of hydrogen-bond donors (Lipinski definition) is 2. The topological polar surface area (TPSA) is 82.1 Å². The van der Waals surface area contributed by atoms with Crippen molar-refractivity contribution >= 4 is 33.9 Å². The lowest BCUT2D eigenvalue weighted by atomic mass is 10.2. The average Bonchev–Trinajstić information content (AvgIpc) is 3.03. The maximum Gasteiger partial charge on any atom is 0.348 e. The lowest BCUT2D eigenvalue weighted by Crippen LogP contribution is -2.48. The Kier molecular flexibility index (Phi) is 6.53. The molecular formula is C20H25N3O4S. The van der Waals surface area contributed by atoms with Crippen molar-refractivity contribution < 1.29 is 19.4 Å². The number of carbonyl (C=O) groups is 2. The zero-order valence-corrected chi connectivity index (χ0v) is 16.9. The molecule has 0 radical (unpaired) electrons. The molecule has 0 unspecified atom stereocenters. The highest BCUT2D eigenvalue weighted by atomic mass is 32.1. The van der Waals surface area contributed by atoms with Gasteiger partial charge in [0.2, 0.25) is 5.91 Å². The second-order valence-corrected chi connectivity index (χ2v) is 7.72. The van der Waals surface area contributed by atoms with Crippen LogP contribution in [0.3, 0.4) is 0 Å². The normalized spacial score (nSPS) is 14.7. The van der Waals surface area contributed by atoms with E-state index in [0.29, 0.717) is 23.0 Å². The standard InChI is InChI=1S/C20H25N3O4S/c1-3-27-20(26)19-14(2)12-18(28-19)21-17(25)13-22-8-10-23(11-9-22)15-4-6-16(24)7-5-15/h4-7,12,24H,3,8-11,13H2,1-2H3,(H,21,25). The molecule has 2 aromatic rings. The van der Waals surface area contributed by atoms with Gasteiger partial charge in [0.15, 0.2) is 0 Å². The van der Waals surface area contributed by atoms with Crippen molar-refractivity contribution in [2.45, 2.75) is 13.8 Å². The van der Waals surface area contributed by atoms with Crippen LogP contribution in [0.1, 0.15) is 22.2 Å². The molecule has 0 saturated carbocycles. The molecule has 2 N–H and O–H groups in total. The van der Waals surface area contributed by atoms with Crippen LogP contribution in [0.15, 0.2) is 30.3 Å². The van der Waals surface area contributed by atoms with Crippen LogP contribution in [0.5, 0.6) is 5.75 Å². The minimum atomic E-state index is -0.351. The molecule has 1 aliphatic heterocycles. The first kappa shape index (κ1) is 20.2. The molecule has 0 bridgehead atoms. The Bertz CT molecular complexity index is 826. The highest BCUT2D eigenvalue weighted by molar-refractivity contribution is 7.18. The van der Waals surface area contributed by atoms with Crippen molar-refractivity contribution in [3.05, 3.63) is 40.8 Å². The van der Waals surface area contributed by atoms with Gasteiger partial charge in [0.05, 0.1) is 18.2 Å². The molecule has 28 heavy (non-hydrogen) atoms. The number of carbonyl (C=O) groups excluding carboxylic acids is 2. The lowest BCUT2D eigenvalue weighted by Gasteiger charge is -2.35. The molecule has 1 amide bonds. The fourth-order valence-electron chi connectivity index (χ4n) is 3.15. The second kappa shape index (κ2) is 9.07. The second-order valence-electron chi connectivity index (χ2n) is 6.67. The van der Waals surface area contributed by atoms with Gasteiger partial charge in [0.25, 0.3) is 0 Å². The Morgan fingerprint density at radius 1 is 1.18 bits per heavy atom. The summed E-state index contributed by atoms with van der Waals surface area (Å²) in [5, 5.41) is 12.9. The van der Waals surface area contributed by atoms with Gasteiger partial charge in [-0.05, 0) is 49.7 Å². The third kappa shape index (κ3) is 5.02. The van der Waals surface area contributed by atoms with Crippen molar-refractivity contribution in [2.24, 2.45) is 0 Å². The number of piperazine rings is 1. The zero-order chi connectivity index (χ0) is 20.1. The number of thiophene rings is 1. The van der Waals surface area contributed by atoms with Crippen molar-refractivity contribution in [3.8, 4) is 5.75 Å². The van der Waals surface area contributed by atoms with Gasteiger partial charge < -0.3 is 20.1 Å². The molecule has 3 rings (SSSR count). The molecule has 7 nitrogen and oxygen atoms in total. The van der Waals surface area contributed by atoms with E-state index in [4.69, 9.17) is 4.74 Å². The first-order valence-electron chi connectivity index (χ1n) is 9.30. The highest BCUT2D eigenvalue weighted by Crippen LogP contribution is 2.27. The van der Waals surface area contributed by atoms with Crippen LogP contribution in [0.4, 0.5) is 10.7 Å². The Balaban J connectivity index is 1.49. The molecule has 2 heterocycles. The van der Waals surface area contributed by atoms with Gasteiger partial charge >= 0.3 is 5.97 Å². The summed E-state index contributed by atoms with van der Waals surface area (Å²) in [6, 6.07) is 8.97. The third-order valence-electron chi connectivity index (χ3n) is 4.60. The molecule has 1 aromatic heterocycles. The first-order valence-corrected chi connectivity index (χ1v) is 10.1. The number of phenols is 1. The highest BCUT2D eigenvalue weighted by Gasteiger charge is 2.20. The number of aromatic hydroxyl groups is 1. The SMILES string of the molecule is CCOC(=O)c1sc(NC(=O)CN2CCN(c3ccc(O)cc3)CC2)cc1C. The predicted molar refractivity (Wildman–Crippen MR) is 110 cm³/mol. The van der Waals surface area contributed by atoms with Gasteiger partial charge in [-0.1, -0.05) is 0 Å². The molecule has 1 aliphatic rings. The summed E-state index contributed by atoms with van der Waals surface area (Å²) in [5.74, 6) is -0.181. The van der Waals surface area contributed by atoms with Crippen LogP contribution >= 0.6 is 11.3 Å². The average molecular weight is 404 g/mol. The number of ether oxygens (including phenoxy) is 1. The monoisotopic (exact) mass is 403 g/mol. The summed E-state index contributed by atoms with van der Waals surface area (Å²) >= 11 is 1.24. The van der Waals surface area contributed by atoms with Gasteiger partial charge in [-0.25, -0.2) is 4.79 Å². The summed E-state index contributed by atoms with van der Waals surface area (Å²) < 4.78 is 5.03. The number of hydrogen-bond acceptors (Lipinski definition) is 7.